The number of benzene rings is 1. The summed E-state index contributed by atoms with van der Waals surface area (Å²) in [7, 11) is 0. The molecule has 0 aliphatic heterocycles. The predicted octanol–water partition coefficient (Wildman–Crippen LogP) is 2.31. The average Bonchev–Trinajstić information content (AvgIpc) is 2.16. The molecule has 0 saturated carbocycles. The van der Waals surface area contributed by atoms with Gasteiger partial charge in [-0.25, -0.2) is 0 Å². The minimum absolute atomic E-state index is 0.0328. The van der Waals surface area contributed by atoms with Crippen LogP contribution in [0.25, 0.3) is 0 Å². The topological polar surface area (TPSA) is 47.3 Å². The highest BCUT2D eigenvalue weighted by Crippen LogP contribution is 2.25. The lowest BCUT2D eigenvalue weighted by Gasteiger charge is -2.10. The van der Waals surface area contributed by atoms with Crippen molar-refractivity contribution in [2.24, 2.45) is 5.84 Å². The van der Waals surface area contributed by atoms with Crippen molar-refractivity contribution in [2.45, 2.75) is 12.5 Å². The van der Waals surface area contributed by atoms with Crippen molar-refractivity contribution in [1.29, 1.82) is 0 Å². The molecule has 1 aromatic rings. The van der Waals surface area contributed by atoms with E-state index in [0.29, 0.717) is 11.3 Å². The fraction of sp³-hybridized carbons (Fsp3) is 0.250. The number of halogens is 3. The fourth-order valence-electron chi connectivity index (χ4n) is 0.960. The van der Waals surface area contributed by atoms with Crippen LogP contribution in [0.15, 0.2) is 18.2 Å². The number of hydrogen-bond acceptors (Lipinski definition) is 3. The molecule has 78 valence electrons. The van der Waals surface area contributed by atoms with E-state index >= 15 is 0 Å². The molecular weight excluding hydrogens is 214 g/mol. The summed E-state index contributed by atoms with van der Waals surface area (Å²) in [6.45, 7) is -2.87. The molecule has 6 heteroatoms. The summed E-state index contributed by atoms with van der Waals surface area (Å²) in [5.74, 6) is 5.25. The Labute approximate surface area is 84.8 Å². The Balaban J connectivity index is 2.96. The third-order valence-corrected chi connectivity index (χ3v) is 1.88. The number of hydrogen-bond donors (Lipinski definition) is 2. The van der Waals surface area contributed by atoms with Crippen LogP contribution < -0.4 is 16.0 Å². The zero-order valence-corrected chi connectivity index (χ0v) is 7.89. The average molecular weight is 223 g/mol. The van der Waals surface area contributed by atoms with Crippen LogP contribution in [-0.2, 0) is 5.88 Å². The van der Waals surface area contributed by atoms with Crippen molar-refractivity contribution in [3.05, 3.63) is 23.8 Å². The molecule has 0 fully saturated rings. The Morgan fingerprint density at radius 3 is 2.71 bits per heavy atom. The second-order valence-electron chi connectivity index (χ2n) is 2.48. The molecule has 0 radical (unpaired) electrons. The van der Waals surface area contributed by atoms with Crippen LogP contribution in [0.5, 0.6) is 5.75 Å². The van der Waals surface area contributed by atoms with Crippen molar-refractivity contribution in [2.75, 3.05) is 5.43 Å². The maximum absolute atomic E-state index is 12.0. The smallest absolute Gasteiger partial charge is 0.387 e. The molecule has 3 N–H and O–H groups in total. The highest BCUT2D eigenvalue weighted by Gasteiger charge is 2.09. The number of nitrogens with one attached hydrogen (secondary N) is 1. The monoisotopic (exact) mass is 222 g/mol. The lowest BCUT2D eigenvalue weighted by atomic mass is 10.2. The molecule has 0 amide bonds. The van der Waals surface area contributed by atoms with E-state index in [1.165, 1.54) is 6.07 Å². The van der Waals surface area contributed by atoms with Gasteiger partial charge in [0.15, 0.2) is 0 Å². The Morgan fingerprint density at radius 2 is 2.21 bits per heavy atom. The number of nitrogens with two attached hydrogens (primary N) is 1. The first-order valence-electron chi connectivity index (χ1n) is 3.77. The molecular formula is C8H9ClF2N2O. The van der Waals surface area contributed by atoms with Gasteiger partial charge >= 0.3 is 6.61 Å². The second kappa shape index (κ2) is 4.97. The lowest BCUT2D eigenvalue weighted by Crippen LogP contribution is -2.08. The zero-order chi connectivity index (χ0) is 10.6. The molecule has 1 rings (SSSR count). The van der Waals surface area contributed by atoms with Crippen molar-refractivity contribution in [3.8, 4) is 5.75 Å². The van der Waals surface area contributed by atoms with E-state index in [1.54, 1.807) is 12.1 Å². The van der Waals surface area contributed by atoms with Crippen LogP contribution in [0.4, 0.5) is 14.5 Å². The van der Waals surface area contributed by atoms with E-state index < -0.39 is 6.61 Å². The SMILES string of the molecule is NNc1ccc(CCl)c(OC(F)F)c1. The maximum atomic E-state index is 12.0. The van der Waals surface area contributed by atoms with Gasteiger partial charge in [0.2, 0.25) is 0 Å². The van der Waals surface area contributed by atoms with Crippen LogP contribution in [0.2, 0.25) is 0 Å². The predicted molar refractivity (Wildman–Crippen MR) is 50.4 cm³/mol. The van der Waals surface area contributed by atoms with Crippen molar-refractivity contribution in [3.63, 3.8) is 0 Å². The molecule has 0 unspecified atom stereocenters. The maximum Gasteiger partial charge on any atom is 0.387 e. The zero-order valence-electron chi connectivity index (χ0n) is 7.14. The Morgan fingerprint density at radius 1 is 1.50 bits per heavy atom. The summed E-state index contributed by atoms with van der Waals surface area (Å²) in [6, 6.07) is 4.56. The Bertz CT molecular complexity index is 309. The Kier molecular flexibility index (Phi) is 3.91. The quantitative estimate of drug-likeness (QED) is 0.467. The van der Waals surface area contributed by atoms with E-state index in [2.05, 4.69) is 10.2 Å². The molecule has 0 aromatic heterocycles. The minimum atomic E-state index is -2.87. The summed E-state index contributed by atoms with van der Waals surface area (Å²) < 4.78 is 28.2. The lowest BCUT2D eigenvalue weighted by molar-refractivity contribution is -0.0502. The van der Waals surface area contributed by atoms with Gasteiger partial charge in [0.05, 0.1) is 11.6 Å². The van der Waals surface area contributed by atoms with Crippen molar-refractivity contribution in [1.82, 2.24) is 0 Å². The molecule has 0 spiro atoms. The van der Waals surface area contributed by atoms with Gasteiger partial charge in [-0.15, -0.1) is 11.6 Å². The van der Waals surface area contributed by atoms with Gasteiger partial charge in [0.1, 0.15) is 5.75 Å². The summed E-state index contributed by atoms with van der Waals surface area (Å²) in [5.41, 5.74) is 3.30. The van der Waals surface area contributed by atoms with E-state index in [-0.39, 0.29) is 11.6 Å². The van der Waals surface area contributed by atoms with Gasteiger partial charge in [0, 0.05) is 11.6 Å². The molecule has 0 atom stereocenters. The largest absolute Gasteiger partial charge is 0.434 e. The van der Waals surface area contributed by atoms with Crippen LogP contribution in [-0.4, -0.2) is 6.61 Å². The molecule has 0 saturated heterocycles. The van der Waals surface area contributed by atoms with Gasteiger partial charge in [-0.05, 0) is 6.07 Å². The molecule has 0 bridgehead atoms. The first-order valence-corrected chi connectivity index (χ1v) is 4.31. The normalized spacial score (nSPS) is 10.4. The molecule has 3 nitrogen and oxygen atoms in total. The number of anilines is 1. The standard InChI is InChI=1S/C8H9ClF2N2O/c9-4-5-1-2-6(13-12)3-7(5)14-8(10)11/h1-3,8,13H,4,12H2. The summed E-state index contributed by atoms with van der Waals surface area (Å²) in [4.78, 5) is 0. The number of nitrogen functional groups attached to an aromatic ring is 1. The highest BCUT2D eigenvalue weighted by molar-refractivity contribution is 6.17. The molecule has 0 aliphatic carbocycles. The van der Waals surface area contributed by atoms with Gasteiger partial charge in [-0.3, -0.25) is 5.84 Å². The second-order valence-corrected chi connectivity index (χ2v) is 2.75. The first kappa shape index (κ1) is 11.0. The van der Waals surface area contributed by atoms with Gasteiger partial charge in [0.25, 0.3) is 0 Å². The van der Waals surface area contributed by atoms with E-state index in [0.717, 1.165) is 0 Å². The van der Waals surface area contributed by atoms with Gasteiger partial charge in [-0.2, -0.15) is 8.78 Å². The number of rotatable bonds is 4. The number of alkyl halides is 3. The van der Waals surface area contributed by atoms with Gasteiger partial charge < -0.3 is 10.2 Å². The fourth-order valence-corrected chi connectivity index (χ4v) is 1.18. The summed E-state index contributed by atoms with van der Waals surface area (Å²) in [5, 5.41) is 0. The number of ether oxygens (including phenoxy) is 1. The summed E-state index contributed by atoms with van der Waals surface area (Å²) >= 11 is 5.53. The van der Waals surface area contributed by atoms with E-state index in [9.17, 15) is 8.78 Å². The summed E-state index contributed by atoms with van der Waals surface area (Å²) in [6.07, 6.45) is 0. The van der Waals surface area contributed by atoms with E-state index in [1.807, 2.05) is 0 Å². The minimum Gasteiger partial charge on any atom is -0.434 e. The Hall–Kier alpha value is -1.07. The molecule has 0 heterocycles. The first-order chi connectivity index (χ1) is 6.67. The third kappa shape index (κ3) is 2.71. The molecule has 14 heavy (non-hydrogen) atoms. The molecule has 0 aliphatic rings. The van der Waals surface area contributed by atoms with Crippen LogP contribution in [0.3, 0.4) is 0 Å². The van der Waals surface area contributed by atoms with Crippen molar-refractivity contribution < 1.29 is 13.5 Å². The third-order valence-electron chi connectivity index (χ3n) is 1.59. The van der Waals surface area contributed by atoms with Crippen LogP contribution in [0.1, 0.15) is 5.56 Å². The number of hydrazine groups is 1. The van der Waals surface area contributed by atoms with E-state index in [4.69, 9.17) is 17.4 Å². The van der Waals surface area contributed by atoms with Gasteiger partial charge in [-0.1, -0.05) is 6.07 Å². The van der Waals surface area contributed by atoms with Crippen molar-refractivity contribution >= 4 is 17.3 Å². The van der Waals surface area contributed by atoms with Crippen LogP contribution >= 0.6 is 11.6 Å². The highest BCUT2D eigenvalue weighted by atomic mass is 35.5. The molecule has 1 aromatic carbocycles. The van der Waals surface area contributed by atoms with Crippen LogP contribution in [0, 0.1) is 0 Å².